The maximum Gasteiger partial charge on any atom is 0.0547 e. The van der Waals surface area contributed by atoms with Crippen molar-refractivity contribution < 1.29 is 0 Å². The second kappa shape index (κ2) is 9.48. The van der Waals surface area contributed by atoms with Gasteiger partial charge in [0.05, 0.1) is 11.0 Å². The fraction of sp³-hybridized carbons (Fsp3) is 0. The minimum atomic E-state index is 1.10. The first-order chi connectivity index (χ1) is 18.8. The Bertz CT molecular complexity index is 1930. The van der Waals surface area contributed by atoms with Crippen LogP contribution in [-0.2, 0) is 0 Å². The molecule has 0 unspecified atom stereocenters. The van der Waals surface area contributed by atoms with Crippen LogP contribution in [0.5, 0.6) is 0 Å². The molecule has 1 nitrogen and oxygen atoms in total. The molecule has 0 spiro atoms. The van der Waals surface area contributed by atoms with Crippen LogP contribution in [0.4, 0.5) is 0 Å². The Morgan fingerprint density at radius 2 is 1.03 bits per heavy atom. The van der Waals surface area contributed by atoms with Crippen molar-refractivity contribution in [2.24, 2.45) is 0 Å². The molecule has 1 aromatic heterocycles. The average molecular weight is 550 g/mol. The molecule has 0 N–H and O–H groups in total. The van der Waals surface area contributed by atoms with Gasteiger partial charge in [0.2, 0.25) is 0 Å². The van der Waals surface area contributed by atoms with Crippen molar-refractivity contribution in [2.75, 3.05) is 0 Å². The van der Waals surface area contributed by atoms with Crippen LogP contribution in [0.1, 0.15) is 0 Å². The zero-order valence-corrected chi connectivity index (χ0v) is 22.3. The lowest BCUT2D eigenvalue weighted by Gasteiger charge is -2.12. The van der Waals surface area contributed by atoms with Crippen molar-refractivity contribution in [3.63, 3.8) is 0 Å². The molecule has 0 aliphatic heterocycles. The van der Waals surface area contributed by atoms with Gasteiger partial charge >= 0.3 is 0 Å². The monoisotopic (exact) mass is 549 g/mol. The summed E-state index contributed by atoms with van der Waals surface area (Å²) in [5.74, 6) is 0. The Labute approximate surface area is 230 Å². The Kier molecular flexibility index (Phi) is 5.68. The summed E-state index contributed by atoms with van der Waals surface area (Å²) in [5.41, 5.74) is 10.8. The van der Waals surface area contributed by atoms with Gasteiger partial charge in [-0.05, 0) is 69.8 Å². The fourth-order valence-corrected chi connectivity index (χ4v) is 5.96. The molecule has 0 radical (unpaired) electrons. The third-order valence-electron chi connectivity index (χ3n) is 7.27. The van der Waals surface area contributed by atoms with E-state index >= 15 is 0 Å². The topological polar surface area (TPSA) is 4.93 Å². The first kappa shape index (κ1) is 22.8. The molecule has 0 atom stereocenters. The smallest absolute Gasteiger partial charge is 0.0547 e. The third kappa shape index (κ3) is 3.95. The molecule has 0 aliphatic carbocycles. The Morgan fingerprint density at radius 1 is 0.395 bits per heavy atom. The van der Waals surface area contributed by atoms with E-state index in [1.54, 1.807) is 0 Å². The highest BCUT2D eigenvalue weighted by Crippen LogP contribution is 2.37. The molecule has 0 amide bonds. The van der Waals surface area contributed by atoms with Crippen molar-refractivity contribution in [3.05, 3.63) is 150 Å². The zero-order chi connectivity index (χ0) is 25.5. The van der Waals surface area contributed by atoms with Crippen molar-refractivity contribution in [3.8, 4) is 39.1 Å². The van der Waals surface area contributed by atoms with E-state index in [1.165, 1.54) is 55.2 Å². The molecule has 1 heterocycles. The van der Waals surface area contributed by atoms with Gasteiger partial charge in [0.15, 0.2) is 0 Å². The predicted molar refractivity (Wildman–Crippen MR) is 165 cm³/mol. The van der Waals surface area contributed by atoms with Gasteiger partial charge in [-0.25, -0.2) is 0 Å². The highest BCUT2D eigenvalue weighted by atomic mass is 79.9. The molecule has 0 saturated carbocycles. The van der Waals surface area contributed by atoms with Crippen LogP contribution in [0.2, 0.25) is 0 Å². The summed E-state index contributed by atoms with van der Waals surface area (Å²) < 4.78 is 3.50. The van der Waals surface area contributed by atoms with E-state index in [1.807, 2.05) is 0 Å². The molecule has 0 aliphatic rings. The zero-order valence-electron chi connectivity index (χ0n) is 20.7. The van der Waals surface area contributed by atoms with Crippen LogP contribution in [0, 0.1) is 0 Å². The molecule has 7 aromatic rings. The number of hydrogen-bond acceptors (Lipinski definition) is 0. The maximum atomic E-state index is 3.72. The summed E-state index contributed by atoms with van der Waals surface area (Å²) in [5, 5.41) is 2.53. The molecule has 38 heavy (non-hydrogen) atoms. The molecule has 0 bridgehead atoms. The van der Waals surface area contributed by atoms with E-state index in [2.05, 4.69) is 166 Å². The normalized spacial score (nSPS) is 11.3. The van der Waals surface area contributed by atoms with Gasteiger partial charge in [0, 0.05) is 20.9 Å². The highest BCUT2D eigenvalue weighted by Gasteiger charge is 2.14. The van der Waals surface area contributed by atoms with Gasteiger partial charge in [-0.2, -0.15) is 0 Å². The molecule has 6 aromatic carbocycles. The molecule has 180 valence electrons. The number of para-hydroxylation sites is 1. The average Bonchev–Trinajstić information content (AvgIpc) is 3.32. The second-order valence-corrected chi connectivity index (χ2v) is 10.4. The van der Waals surface area contributed by atoms with Crippen LogP contribution in [0.3, 0.4) is 0 Å². The van der Waals surface area contributed by atoms with E-state index in [4.69, 9.17) is 0 Å². The number of rotatable bonds is 4. The lowest BCUT2D eigenvalue weighted by atomic mass is 9.98. The van der Waals surface area contributed by atoms with Gasteiger partial charge in [0.25, 0.3) is 0 Å². The summed E-state index contributed by atoms with van der Waals surface area (Å²) in [4.78, 5) is 0. The van der Waals surface area contributed by atoms with Crippen LogP contribution in [-0.4, -0.2) is 4.57 Å². The number of benzene rings is 6. The molecule has 2 heteroatoms. The minimum absolute atomic E-state index is 1.10. The standard InChI is InChI=1S/C36H24BrN/c37-34-18-6-4-16-31(34)29-14-8-12-26(22-29)28-20-21-33-32-17-5-7-19-35(32)38(36(33)24-28)30-15-9-13-27(23-30)25-10-2-1-3-11-25/h1-24H. The first-order valence-corrected chi connectivity index (χ1v) is 13.6. The largest absolute Gasteiger partial charge is 0.309 e. The molecule has 0 saturated heterocycles. The first-order valence-electron chi connectivity index (χ1n) is 12.8. The van der Waals surface area contributed by atoms with Crippen molar-refractivity contribution >= 4 is 37.7 Å². The number of hydrogen-bond donors (Lipinski definition) is 0. The molecular weight excluding hydrogens is 526 g/mol. The summed E-state index contributed by atoms with van der Waals surface area (Å²) in [7, 11) is 0. The van der Waals surface area contributed by atoms with E-state index in [9.17, 15) is 0 Å². The maximum absolute atomic E-state index is 3.72. The van der Waals surface area contributed by atoms with Crippen molar-refractivity contribution in [1.82, 2.24) is 4.57 Å². The third-order valence-corrected chi connectivity index (χ3v) is 7.96. The van der Waals surface area contributed by atoms with Gasteiger partial charge < -0.3 is 4.57 Å². The number of nitrogens with zero attached hydrogens (tertiary/aromatic N) is 1. The SMILES string of the molecule is Brc1ccccc1-c1cccc(-c2ccc3c4ccccc4n(-c4cccc(-c5ccccc5)c4)c3c2)c1. The molecular formula is C36H24BrN. The molecule has 7 rings (SSSR count). The van der Waals surface area contributed by atoms with Crippen LogP contribution in [0.15, 0.2) is 150 Å². The lowest BCUT2D eigenvalue weighted by molar-refractivity contribution is 1.18. The Balaban J connectivity index is 1.42. The highest BCUT2D eigenvalue weighted by molar-refractivity contribution is 9.10. The number of halogens is 1. The lowest BCUT2D eigenvalue weighted by Crippen LogP contribution is -1.94. The summed E-state index contributed by atoms with van der Waals surface area (Å²) in [6.45, 7) is 0. The van der Waals surface area contributed by atoms with E-state index < -0.39 is 0 Å². The molecule has 0 fully saturated rings. The van der Waals surface area contributed by atoms with Gasteiger partial charge in [-0.3, -0.25) is 0 Å². The Hall–Kier alpha value is -4.40. The van der Waals surface area contributed by atoms with Crippen molar-refractivity contribution in [1.29, 1.82) is 0 Å². The minimum Gasteiger partial charge on any atom is -0.309 e. The Morgan fingerprint density at radius 3 is 1.89 bits per heavy atom. The summed E-state index contributed by atoms with van der Waals surface area (Å²) >= 11 is 3.72. The van der Waals surface area contributed by atoms with E-state index in [0.29, 0.717) is 0 Å². The summed E-state index contributed by atoms with van der Waals surface area (Å²) in [6.07, 6.45) is 0. The fourth-order valence-electron chi connectivity index (χ4n) is 5.45. The number of aromatic nitrogens is 1. The summed E-state index contributed by atoms with van der Waals surface area (Å²) in [6, 6.07) is 52.2. The van der Waals surface area contributed by atoms with Crippen LogP contribution in [0.25, 0.3) is 60.9 Å². The van der Waals surface area contributed by atoms with E-state index in [0.717, 1.165) is 10.2 Å². The van der Waals surface area contributed by atoms with Crippen LogP contribution >= 0.6 is 15.9 Å². The van der Waals surface area contributed by atoms with Gasteiger partial charge in [-0.1, -0.05) is 125 Å². The van der Waals surface area contributed by atoms with E-state index in [-0.39, 0.29) is 0 Å². The van der Waals surface area contributed by atoms with Crippen molar-refractivity contribution in [2.45, 2.75) is 0 Å². The predicted octanol–water partition coefficient (Wildman–Crippen LogP) is 10.5. The number of fused-ring (bicyclic) bond motifs is 3. The van der Waals surface area contributed by atoms with Gasteiger partial charge in [0.1, 0.15) is 0 Å². The van der Waals surface area contributed by atoms with Gasteiger partial charge in [-0.15, -0.1) is 0 Å². The quantitative estimate of drug-likeness (QED) is 0.205. The van der Waals surface area contributed by atoms with Crippen LogP contribution < -0.4 is 0 Å². The second-order valence-electron chi connectivity index (χ2n) is 9.56.